The Morgan fingerprint density at radius 3 is 2.32 bits per heavy atom. The Morgan fingerprint density at radius 1 is 0.857 bits per heavy atom. The quantitative estimate of drug-likeness (QED) is 0.448. The lowest BCUT2D eigenvalue weighted by atomic mass is 10.1. The Labute approximate surface area is 166 Å². The molecule has 0 radical (unpaired) electrons. The maximum atomic E-state index is 5.29. The summed E-state index contributed by atoms with van der Waals surface area (Å²) < 4.78 is 7.71. The highest BCUT2D eigenvalue weighted by molar-refractivity contribution is 5.87. The zero-order chi connectivity index (χ0) is 19.5. The number of hydrogen-bond donors (Lipinski definition) is 0. The Bertz CT molecular complexity index is 1080. The number of hydrogen-bond acceptors (Lipinski definition) is 2. The SMILES string of the molecule is COc1ccc(Cn2c(C)c(C)c3ccnc(CCc4ccccc4)c32)cc1. The van der Waals surface area contributed by atoms with E-state index in [2.05, 4.69) is 66.9 Å². The molecule has 0 aliphatic rings. The first-order valence-electron chi connectivity index (χ1n) is 9.77. The molecule has 4 rings (SSSR count). The van der Waals surface area contributed by atoms with Crippen molar-refractivity contribution in [3.05, 3.63) is 94.9 Å². The number of pyridine rings is 1. The largest absolute Gasteiger partial charge is 0.497 e. The van der Waals surface area contributed by atoms with E-state index in [0.29, 0.717) is 0 Å². The second kappa shape index (κ2) is 7.89. The molecule has 0 amide bonds. The van der Waals surface area contributed by atoms with E-state index in [1.54, 1.807) is 7.11 Å². The molecule has 0 bridgehead atoms. The van der Waals surface area contributed by atoms with Gasteiger partial charge in [0.2, 0.25) is 0 Å². The number of ether oxygens (including phenoxy) is 1. The fourth-order valence-electron chi connectivity index (χ4n) is 3.87. The summed E-state index contributed by atoms with van der Waals surface area (Å²) >= 11 is 0. The van der Waals surface area contributed by atoms with Gasteiger partial charge in [0, 0.05) is 23.8 Å². The Hall–Kier alpha value is -3.07. The first-order chi connectivity index (χ1) is 13.7. The second-order valence-corrected chi connectivity index (χ2v) is 7.28. The molecule has 3 nitrogen and oxygen atoms in total. The summed E-state index contributed by atoms with van der Waals surface area (Å²) in [5.74, 6) is 0.888. The van der Waals surface area contributed by atoms with Crippen LogP contribution in [0.5, 0.6) is 5.75 Å². The summed E-state index contributed by atoms with van der Waals surface area (Å²) in [6.07, 6.45) is 3.89. The van der Waals surface area contributed by atoms with Gasteiger partial charge in [-0.25, -0.2) is 0 Å². The van der Waals surface area contributed by atoms with Crippen LogP contribution in [0.4, 0.5) is 0 Å². The molecule has 0 fully saturated rings. The summed E-state index contributed by atoms with van der Waals surface area (Å²) in [5.41, 5.74) is 7.70. The second-order valence-electron chi connectivity index (χ2n) is 7.28. The molecular formula is C25H26N2O. The van der Waals surface area contributed by atoms with Crippen LogP contribution >= 0.6 is 0 Å². The van der Waals surface area contributed by atoms with Gasteiger partial charge in [-0.1, -0.05) is 42.5 Å². The average Bonchev–Trinajstić information content (AvgIpc) is 2.99. The van der Waals surface area contributed by atoms with E-state index >= 15 is 0 Å². The Kier molecular flexibility index (Phi) is 5.16. The van der Waals surface area contributed by atoms with Gasteiger partial charge in [-0.3, -0.25) is 4.98 Å². The van der Waals surface area contributed by atoms with E-state index in [1.165, 1.54) is 39.0 Å². The highest BCUT2D eigenvalue weighted by Gasteiger charge is 2.15. The molecule has 0 atom stereocenters. The van der Waals surface area contributed by atoms with E-state index in [1.807, 2.05) is 18.3 Å². The van der Waals surface area contributed by atoms with Crippen molar-refractivity contribution in [2.24, 2.45) is 0 Å². The molecule has 28 heavy (non-hydrogen) atoms. The summed E-state index contributed by atoms with van der Waals surface area (Å²) in [6.45, 7) is 5.26. The van der Waals surface area contributed by atoms with E-state index in [9.17, 15) is 0 Å². The van der Waals surface area contributed by atoms with E-state index in [4.69, 9.17) is 9.72 Å². The number of aromatic nitrogens is 2. The molecule has 3 heteroatoms. The first-order valence-corrected chi connectivity index (χ1v) is 9.77. The van der Waals surface area contributed by atoms with Crippen molar-refractivity contribution in [1.29, 1.82) is 0 Å². The lowest BCUT2D eigenvalue weighted by molar-refractivity contribution is 0.414. The lowest BCUT2D eigenvalue weighted by Crippen LogP contribution is -2.05. The van der Waals surface area contributed by atoms with Gasteiger partial charge in [-0.2, -0.15) is 0 Å². The van der Waals surface area contributed by atoms with Gasteiger partial charge in [0.1, 0.15) is 5.75 Å². The van der Waals surface area contributed by atoms with Crippen molar-refractivity contribution in [2.75, 3.05) is 7.11 Å². The van der Waals surface area contributed by atoms with Crippen LogP contribution in [0.25, 0.3) is 10.9 Å². The zero-order valence-electron chi connectivity index (χ0n) is 16.8. The number of rotatable bonds is 6. The van der Waals surface area contributed by atoms with Crippen molar-refractivity contribution in [3.63, 3.8) is 0 Å². The fraction of sp³-hybridized carbons (Fsp3) is 0.240. The van der Waals surface area contributed by atoms with Gasteiger partial charge in [-0.15, -0.1) is 0 Å². The van der Waals surface area contributed by atoms with E-state index in [-0.39, 0.29) is 0 Å². The fourth-order valence-corrected chi connectivity index (χ4v) is 3.87. The maximum absolute atomic E-state index is 5.29. The lowest BCUT2D eigenvalue weighted by Gasteiger charge is -2.12. The van der Waals surface area contributed by atoms with Crippen molar-refractivity contribution >= 4 is 10.9 Å². The highest BCUT2D eigenvalue weighted by atomic mass is 16.5. The molecular weight excluding hydrogens is 344 g/mol. The van der Waals surface area contributed by atoms with Crippen LogP contribution in [-0.2, 0) is 19.4 Å². The average molecular weight is 370 g/mol. The molecule has 0 spiro atoms. The zero-order valence-corrected chi connectivity index (χ0v) is 16.8. The van der Waals surface area contributed by atoms with Crippen LogP contribution in [0.15, 0.2) is 66.9 Å². The summed E-state index contributed by atoms with van der Waals surface area (Å²) in [5, 5.41) is 1.31. The molecule has 0 saturated carbocycles. The summed E-state index contributed by atoms with van der Waals surface area (Å²) in [7, 11) is 1.70. The predicted octanol–water partition coefficient (Wildman–Crippen LogP) is 5.50. The number of fused-ring (bicyclic) bond motifs is 1. The standard InChI is InChI=1S/C25H26N2O/c1-18-19(2)27(17-21-9-12-22(28-3)13-10-21)25-23(18)15-16-26-24(25)14-11-20-7-5-4-6-8-20/h4-10,12-13,15-16H,11,14,17H2,1-3H3. The molecule has 2 aromatic heterocycles. The first kappa shape index (κ1) is 18.3. The molecule has 0 saturated heterocycles. The van der Waals surface area contributed by atoms with Crippen molar-refractivity contribution in [1.82, 2.24) is 9.55 Å². The third-order valence-corrected chi connectivity index (χ3v) is 5.61. The monoisotopic (exact) mass is 370 g/mol. The molecule has 0 aliphatic heterocycles. The third-order valence-electron chi connectivity index (χ3n) is 5.61. The van der Waals surface area contributed by atoms with Gasteiger partial charge in [-0.05, 0) is 61.6 Å². The maximum Gasteiger partial charge on any atom is 0.118 e. The Balaban J connectivity index is 1.71. The third kappa shape index (κ3) is 3.53. The summed E-state index contributed by atoms with van der Waals surface area (Å²) in [6, 6.07) is 21.1. The molecule has 0 aliphatic carbocycles. The van der Waals surface area contributed by atoms with Crippen LogP contribution in [-0.4, -0.2) is 16.7 Å². The van der Waals surface area contributed by atoms with E-state index < -0.39 is 0 Å². The number of aryl methyl sites for hydroxylation is 3. The van der Waals surface area contributed by atoms with Crippen molar-refractivity contribution < 1.29 is 4.74 Å². The molecule has 142 valence electrons. The van der Waals surface area contributed by atoms with Crippen molar-refractivity contribution in [3.8, 4) is 5.75 Å². The van der Waals surface area contributed by atoms with Gasteiger partial charge in [0.25, 0.3) is 0 Å². The van der Waals surface area contributed by atoms with Crippen LogP contribution in [0, 0.1) is 13.8 Å². The van der Waals surface area contributed by atoms with Gasteiger partial charge in [0.05, 0.1) is 18.3 Å². The highest BCUT2D eigenvalue weighted by Crippen LogP contribution is 2.29. The van der Waals surface area contributed by atoms with E-state index in [0.717, 1.165) is 25.1 Å². The minimum atomic E-state index is 0.837. The topological polar surface area (TPSA) is 27.1 Å². The van der Waals surface area contributed by atoms with Crippen LogP contribution in [0.2, 0.25) is 0 Å². The molecule has 2 aromatic carbocycles. The molecule has 2 heterocycles. The minimum absolute atomic E-state index is 0.837. The van der Waals surface area contributed by atoms with Crippen LogP contribution < -0.4 is 4.74 Å². The number of nitrogens with zero attached hydrogens (tertiary/aromatic N) is 2. The normalized spacial score (nSPS) is 11.1. The number of benzene rings is 2. The molecule has 0 N–H and O–H groups in total. The minimum Gasteiger partial charge on any atom is -0.497 e. The molecule has 0 unspecified atom stereocenters. The predicted molar refractivity (Wildman–Crippen MR) is 115 cm³/mol. The molecule has 4 aromatic rings. The van der Waals surface area contributed by atoms with Crippen LogP contribution in [0.3, 0.4) is 0 Å². The van der Waals surface area contributed by atoms with Crippen LogP contribution in [0.1, 0.15) is 28.1 Å². The van der Waals surface area contributed by atoms with Gasteiger partial charge >= 0.3 is 0 Å². The van der Waals surface area contributed by atoms with Gasteiger partial charge in [0.15, 0.2) is 0 Å². The summed E-state index contributed by atoms with van der Waals surface area (Å²) in [4.78, 5) is 4.77. The van der Waals surface area contributed by atoms with Gasteiger partial charge < -0.3 is 9.30 Å². The number of methoxy groups -OCH3 is 1. The van der Waals surface area contributed by atoms with Crippen molar-refractivity contribution in [2.45, 2.75) is 33.2 Å². The Morgan fingerprint density at radius 2 is 1.61 bits per heavy atom. The smallest absolute Gasteiger partial charge is 0.118 e.